The summed E-state index contributed by atoms with van der Waals surface area (Å²) in [6.45, 7) is 6.16. The van der Waals surface area contributed by atoms with Crippen molar-refractivity contribution in [1.82, 2.24) is 15.0 Å². The van der Waals surface area contributed by atoms with Gasteiger partial charge in [0.15, 0.2) is 0 Å². The SMILES string of the molecule is CC(C)N1c2cc(Nc3nccc(-c4cccc5ncccc45)n3)ccc2N(C)C(=O)[C@H]1C. The standard InChI is InChI=1S/C26H26N6O/c1-16(2)32-17(3)25(33)31(4)23-11-10-18(15-24(23)32)29-26-28-14-12-22(30-26)20-7-5-9-21-19(20)8-6-13-27-21/h5-17H,1-4H3,(H,28,29,30)/t17-/m1/s1. The van der Waals surface area contributed by atoms with Crippen molar-refractivity contribution in [2.24, 2.45) is 0 Å². The van der Waals surface area contributed by atoms with Crippen molar-refractivity contribution in [2.45, 2.75) is 32.9 Å². The molecule has 166 valence electrons. The molecule has 0 spiro atoms. The number of hydrogen-bond donors (Lipinski definition) is 1. The Morgan fingerprint density at radius 3 is 2.64 bits per heavy atom. The van der Waals surface area contributed by atoms with E-state index in [2.05, 4.69) is 46.2 Å². The predicted molar refractivity (Wildman–Crippen MR) is 133 cm³/mol. The smallest absolute Gasteiger partial charge is 0.249 e. The molecule has 1 aliphatic heterocycles. The molecule has 0 aliphatic carbocycles. The number of anilines is 4. The normalized spacial score (nSPS) is 15.8. The third kappa shape index (κ3) is 3.65. The first-order valence-electron chi connectivity index (χ1n) is 11.1. The summed E-state index contributed by atoms with van der Waals surface area (Å²) in [5.74, 6) is 0.607. The van der Waals surface area contributed by atoms with Gasteiger partial charge in [-0.3, -0.25) is 9.78 Å². The van der Waals surface area contributed by atoms with Crippen molar-refractivity contribution in [3.8, 4) is 11.3 Å². The number of nitrogens with zero attached hydrogens (tertiary/aromatic N) is 5. The molecule has 0 radical (unpaired) electrons. The van der Waals surface area contributed by atoms with Crippen LogP contribution in [-0.4, -0.2) is 40.0 Å². The number of fused-ring (bicyclic) bond motifs is 2. The monoisotopic (exact) mass is 438 g/mol. The van der Waals surface area contributed by atoms with Gasteiger partial charge < -0.3 is 15.1 Å². The van der Waals surface area contributed by atoms with Crippen LogP contribution in [0.1, 0.15) is 20.8 Å². The van der Waals surface area contributed by atoms with Crippen LogP contribution in [0.3, 0.4) is 0 Å². The minimum atomic E-state index is -0.225. The number of benzene rings is 2. The van der Waals surface area contributed by atoms with Crippen molar-refractivity contribution in [2.75, 3.05) is 22.2 Å². The largest absolute Gasteiger partial charge is 0.356 e. The summed E-state index contributed by atoms with van der Waals surface area (Å²) in [5.41, 5.74) is 5.55. The molecule has 1 atom stereocenters. The Balaban J connectivity index is 1.51. The molecule has 2 aromatic heterocycles. The first kappa shape index (κ1) is 20.9. The van der Waals surface area contributed by atoms with Crippen molar-refractivity contribution < 1.29 is 4.79 Å². The van der Waals surface area contributed by atoms with Gasteiger partial charge in [-0.1, -0.05) is 18.2 Å². The van der Waals surface area contributed by atoms with E-state index >= 15 is 0 Å². The molecule has 7 heteroatoms. The lowest BCUT2D eigenvalue weighted by molar-refractivity contribution is -0.119. The average molecular weight is 439 g/mol. The minimum absolute atomic E-state index is 0.0949. The highest BCUT2D eigenvalue weighted by molar-refractivity contribution is 6.05. The van der Waals surface area contributed by atoms with E-state index in [0.29, 0.717) is 5.95 Å². The topological polar surface area (TPSA) is 74.2 Å². The van der Waals surface area contributed by atoms with Crippen LogP contribution in [0.25, 0.3) is 22.2 Å². The third-order valence-electron chi connectivity index (χ3n) is 6.11. The van der Waals surface area contributed by atoms with Gasteiger partial charge in [0.25, 0.3) is 0 Å². The van der Waals surface area contributed by atoms with Crippen LogP contribution in [-0.2, 0) is 4.79 Å². The summed E-state index contributed by atoms with van der Waals surface area (Å²) >= 11 is 0. The van der Waals surface area contributed by atoms with Gasteiger partial charge in [0.05, 0.1) is 22.6 Å². The number of aromatic nitrogens is 3. The molecule has 7 nitrogen and oxygen atoms in total. The summed E-state index contributed by atoms with van der Waals surface area (Å²) in [6.07, 6.45) is 3.55. The Kier molecular flexibility index (Phi) is 5.17. The second-order valence-corrected chi connectivity index (χ2v) is 8.54. The van der Waals surface area contributed by atoms with Gasteiger partial charge in [-0.2, -0.15) is 0 Å². The molecule has 33 heavy (non-hydrogen) atoms. The highest BCUT2D eigenvalue weighted by Crippen LogP contribution is 2.39. The number of rotatable bonds is 4. The number of carbonyl (C=O) groups is 1. The minimum Gasteiger partial charge on any atom is -0.356 e. The molecule has 0 bridgehead atoms. The van der Waals surface area contributed by atoms with Gasteiger partial charge in [0.1, 0.15) is 6.04 Å². The van der Waals surface area contributed by atoms with Crippen LogP contribution >= 0.6 is 0 Å². The van der Waals surface area contributed by atoms with Crippen molar-refractivity contribution in [3.05, 3.63) is 67.0 Å². The summed E-state index contributed by atoms with van der Waals surface area (Å²) in [6, 6.07) is 17.9. The van der Waals surface area contributed by atoms with E-state index in [1.165, 1.54) is 0 Å². The fraction of sp³-hybridized carbons (Fsp3) is 0.231. The molecule has 4 aromatic rings. The van der Waals surface area contributed by atoms with Crippen LogP contribution in [0.2, 0.25) is 0 Å². The number of likely N-dealkylation sites (N-methyl/N-ethyl adjacent to an activating group) is 1. The highest BCUT2D eigenvalue weighted by atomic mass is 16.2. The van der Waals surface area contributed by atoms with Crippen molar-refractivity contribution >= 4 is 39.8 Å². The average Bonchev–Trinajstić information content (AvgIpc) is 2.82. The predicted octanol–water partition coefficient (Wildman–Crippen LogP) is 5.02. The third-order valence-corrected chi connectivity index (χ3v) is 6.11. The Bertz CT molecular complexity index is 1350. The number of amides is 1. The molecule has 1 aliphatic rings. The van der Waals surface area contributed by atoms with Crippen LogP contribution < -0.4 is 15.1 Å². The number of nitrogens with one attached hydrogen (secondary N) is 1. The first-order chi connectivity index (χ1) is 15.9. The molecule has 3 heterocycles. The quantitative estimate of drug-likeness (QED) is 0.483. The van der Waals surface area contributed by atoms with Crippen molar-refractivity contribution in [3.63, 3.8) is 0 Å². The van der Waals surface area contributed by atoms with Crippen LogP contribution in [0, 0.1) is 0 Å². The Morgan fingerprint density at radius 2 is 1.82 bits per heavy atom. The number of pyridine rings is 1. The summed E-state index contributed by atoms with van der Waals surface area (Å²) in [7, 11) is 1.83. The lowest BCUT2D eigenvalue weighted by Gasteiger charge is -2.42. The lowest BCUT2D eigenvalue weighted by atomic mass is 10.0. The Morgan fingerprint density at radius 1 is 0.970 bits per heavy atom. The van der Waals surface area contributed by atoms with E-state index in [-0.39, 0.29) is 18.0 Å². The highest BCUT2D eigenvalue weighted by Gasteiger charge is 2.34. The zero-order valence-electron chi connectivity index (χ0n) is 19.1. The number of hydrogen-bond acceptors (Lipinski definition) is 6. The molecule has 1 N–H and O–H groups in total. The van der Waals surface area contributed by atoms with E-state index in [1.807, 2.05) is 56.4 Å². The molecule has 0 saturated carbocycles. The zero-order chi connectivity index (χ0) is 23.1. The van der Waals surface area contributed by atoms with Crippen LogP contribution in [0.15, 0.2) is 67.0 Å². The Labute approximate surface area is 193 Å². The maximum Gasteiger partial charge on any atom is 0.249 e. The fourth-order valence-corrected chi connectivity index (χ4v) is 4.57. The molecule has 1 amide bonds. The summed E-state index contributed by atoms with van der Waals surface area (Å²) in [5, 5.41) is 4.39. The van der Waals surface area contributed by atoms with Crippen molar-refractivity contribution in [1.29, 1.82) is 0 Å². The van der Waals surface area contributed by atoms with Gasteiger partial charge in [0, 0.05) is 42.1 Å². The van der Waals surface area contributed by atoms with E-state index in [1.54, 1.807) is 17.3 Å². The Hall–Kier alpha value is -4.00. The fourth-order valence-electron chi connectivity index (χ4n) is 4.57. The van der Waals surface area contributed by atoms with Gasteiger partial charge in [0.2, 0.25) is 11.9 Å². The maximum absolute atomic E-state index is 12.7. The zero-order valence-corrected chi connectivity index (χ0v) is 19.1. The van der Waals surface area contributed by atoms with E-state index < -0.39 is 0 Å². The van der Waals surface area contributed by atoms with E-state index in [0.717, 1.165) is 39.2 Å². The molecule has 0 fully saturated rings. The molecule has 0 unspecified atom stereocenters. The lowest BCUT2D eigenvalue weighted by Crippen LogP contribution is -2.53. The van der Waals surface area contributed by atoms with Gasteiger partial charge >= 0.3 is 0 Å². The second-order valence-electron chi connectivity index (χ2n) is 8.54. The molecule has 0 saturated heterocycles. The number of carbonyl (C=O) groups excluding carboxylic acids is 1. The summed E-state index contributed by atoms with van der Waals surface area (Å²) < 4.78 is 0. The maximum atomic E-state index is 12.7. The summed E-state index contributed by atoms with van der Waals surface area (Å²) in [4.78, 5) is 30.2. The molecular formula is C26H26N6O. The van der Waals surface area contributed by atoms with Crippen LogP contribution in [0.4, 0.5) is 23.0 Å². The van der Waals surface area contributed by atoms with E-state index in [9.17, 15) is 4.79 Å². The first-order valence-corrected chi connectivity index (χ1v) is 11.1. The molecular weight excluding hydrogens is 412 g/mol. The van der Waals surface area contributed by atoms with Gasteiger partial charge in [-0.25, -0.2) is 9.97 Å². The van der Waals surface area contributed by atoms with Gasteiger partial charge in [-0.05, 0) is 57.2 Å². The molecule has 2 aromatic carbocycles. The second kappa shape index (κ2) is 8.16. The van der Waals surface area contributed by atoms with Gasteiger partial charge in [-0.15, -0.1) is 0 Å². The van der Waals surface area contributed by atoms with E-state index in [4.69, 9.17) is 4.98 Å². The molecule has 5 rings (SSSR count). The van der Waals surface area contributed by atoms with Crippen LogP contribution in [0.5, 0.6) is 0 Å².